The van der Waals surface area contributed by atoms with Crippen LogP contribution in [0.2, 0.25) is 0 Å². The van der Waals surface area contributed by atoms with Crippen molar-refractivity contribution in [1.82, 2.24) is 0 Å². The van der Waals surface area contributed by atoms with Crippen LogP contribution in [0.4, 0.5) is 0 Å². The van der Waals surface area contributed by atoms with Crippen molar-refractivity contribution >= 4 is 0 Å². The molecule has 7 fully saturated rings. The van der Waals surface area contributed by atoms with Crippen LogP contribution < -0.4 is 0 Å². The summed E-state index contributed by atoms with van der Waals surface area (Å²) in [6.07, 6.45) is 12.3. The molecule has 7 aliphatic rings. The predicted octanol–water partition coefficient (Wildman–Crippen LogP) is 3.01. The molecule has 1 saturated carbocycles. The van der Waals surface area contributed by atoms with E-state index in [9.17, 15) is 25.5 Å². The maximum atomic E-state index is 12.1. The molecule has 43 heavy (non-hydrogen) atoms. The maximum absolute atomic E-state index is 12.1. The third-order valence-electron chi connectivity index (χ3n) is 12.8. The van der Waals surface area contributed by atoms with Crippen molar-refractivity contribution in [2.75, 3.05) is 19.8 Å². The molecule has 6 aliphatic heterocycles. The topological polar surface area (TPSA) is 157 Å². The van der Waals surface area contributed by atoms with E-state index in [4.69, 9.17) is 28.4 Å². The Hall–Kier alpha value is -0.440. The summed E-state index contributed by atoms with van der Waals surface area (Å²) in [6, 6.07) is 0. The Morgan fingerprint density at radius 2 is 1.14 bits per heavy atom. The van der Waals surface area contributed by atoms with Gasteiger partial charge in [-0.15, -0.1) is 0 Å². The summed E-state index contributed by atoms with van der Waals surface area (Å²) < 4.78 is 37.3. The molecular formula is C32H56O11. The Morgan fingerprint density at radius 1 is 0.605 bits per heavy atom. The lowest BCUT2D eigenvalue weighted by Gasteiger charge is -2.80. The van der Waals surface area contributed by atoms with Crippen molar-refractivity contribution in [3.05, 3.63) is 0 Å². The van der Waals surface area contributed by atoms with Crippen LogP contribution in [-0.2, 0) is 28.4 Å². The Balaban J connectivity index is 1.29. The number of ether oxygens (including phenoxy) is 6. The van der Waals surface area contributed by atoms with Crippen molar-refractivity contribution < 1.29 is 54.0 Å². The van der Waals surface area contributed by atoms with Crippen molar-refractivity contribution in [3.8, 4) is 0 Å². The largest absolute Gasteiger partial charge is 0.391 e. The standard InChI is InChI=1S/C32H56O11/c1-23(35)26(4)25(3,37)31(20-33,40-26)43-30(23,8)39-28(6)27(5)24(2,36)29(7,42-32(28,21-34)41-27)38-19-15-10-9-12-16-22-17-13-11-14-18-22/h22,33-37H,9-21H2,1-8H3/t23?,24?,25-,26?,27?,28-,29+,30-,31?,32?/m0/s1. The SMILES string of the molecule is CC1(O)C2(C)OC(CO)(O[C@]1(C)O[C@]1(C)C3(CO)OC1(C)C(C)(O)[C@](C)(OCCCCCCC1CCCCC1)O3)[C@@]2(C)O. The van der Waals surface area contributed by atoms with Crippen LogP contribution in [0.1, 0.15) is 120 Å². The van der Waals surface area contributed by atoms with Gasteiger partial charge in [-0.2, -0.15) is 0 Å². The molecule has 7 rings (SSSR count). The smallest absolute Gasteiger partial charge is 0.227 e. The lowest BCUT2D eigenvalue weighted by atomic mass is 9.57. The summed E-state index contributed by atoms with van der Waals surface area (Å²) in [4.78, 5) is 0. The van der Waals surface area contributed by atoms with E-state index < -0.39 is 70.0 Å². The minimum atomic E-state index is -1.98. The third-order valence-corrected chi connectivity index (χ3v) is 12.8. The summed E-state index contributed by atoms with van der Waals surface area (Å²) >= 11 is 0. The lowest BCUT2D eigenvalue weighted by Crippen LogP contribution is -3.00. The van der Waals surface area contributed by atoms with Gasteiger partial charge < -0.3 is 54.0 Å². The number of hydrogen-bond donors (Lipinski definition) is 5. The minimum Gasteiger partial charge on any atom is -0.391 e. The monoisotopic (exact) mass is 616 g/mol. The van der Waals surface area contributed by atoms with Gasteiger partial charge in [0.1, 0.15) is 41.2 Å². The number of unbranched alkanes of at least 4 members (excludes halogenated alkanes) is 3. The van der Waals surface area contributed by atoms with Crippen molar-refractivity contribution in [2.24, 2.45) is 5.92 Å². The molecule has 6 heterocycles. The molecule has 0 spiro atoms. The molecule has 10 atom stereocenters. The van der Waals surface area contributed by atoms with Gasteiger partial charge >= 0.3 is 0 Å². The van der Waals surface area contributed by atoms with Crippen molar-refractivity contribution in [1.29, 1.82) is 0 Å². The number of aliphatic hydroxyl groups excluding tert-OH is 2. The molecule has 6 unspecified atom stereocenters. The van der Waals surface area contributed by atoms with E-state index in [1.807, 2.05) is 0 Å². The Kier molecular flexibility index (Phi) is 8.11. The second kappa shape index (κ2) is 10.3. The van der Waals surface area contributed by atoms with Gasteiger partial charge in [0.2, 0.25) is 23.1 Å². The summed E-state index contributed by atoms with van der Waals surface area (Å²) in [5.41, 5.74) is -10.3. The van der Waals surface area contributed by atoms with E-state index >= 15 is 0 Å². The number of rotatable bonds is 12. The second-order valence-corrected chi connectivity index (χ2v) is 15.1. The van der Waals surface area contributed by atoms with E-state index in [0.29, 0.717) is 6.61 Å². The molecule has 11 nitrogen and oxygen atoms in total. The Bertz CT molecular complexity index is 1060. The van der Waals surface area contributed by atoms with Crippen LogP contribution in [0.3, 0.4) is 0 Å². The first-order valence-electron chi connectivity index (χ1n) is 16.3. The van der Waals surface area contributed by atoms with Crippen LogP contribution in [0.15, 0.2) is 0 Å². The molecule has 250 valence electrons. The van der Waals surface area contributed by atoms with Gasteiger partial charge in [0, 0.05) is 0 Å². The van der Waals surface area contributed by atoms with Gasteiger partial charge in [-0.05, 0) is 67.7 Å². The zero-order valence-electron chi connectivity index (χ0n) is 27.5. The summed E-state index contributed by atoms with van der Waals surface area (Å²) in [5, 5.41) is 56.0. The van der Waals surface area contributed by atoms with Gasteiger partial charge in [-0.25, -0.2) is 0 Å². The van der Waals surface area contributed by atoms with Crippen LogP contribution in [-0.4, -0.2) is 102 Å². The highest BCUT2D eigenvalue weighted by Gasteiger charge is 2.92. The minimum absolute atomic E-state index is 0.352. The highest BCUT2D eigenvalue weighted by Crippen LogP contribution is 2.70. The van der Waals surface area contributed by atoms with E-state index in [2.05, 4.69) is 0 Å². The van der Waals surface area contributed by atoms with Crippen LogP contribution >= 0.6 is 0 Å². The number of aliphatic hydroxyl groups is 5. The molecule has 0 aromatic rings. The first kappa shape index (κ1) is 33.9. The molecule has 6 saturated heterocycles. The van der Waals surface area contributed by atoms with Gasteiger partial charge in [0.25, 0.3) is 0 Å². The highest BCUT2D eigenvalue weighted by molar-refractivity contribution is 5.32. The van der Waals surface area contributed by atoms with Gasteiger partial charge in [0.05, 0.1) is 6.61 Å². The molecule has 0 aromatic heterocycles. The number of hydrogen-bond acceptors (Lipinski definition) is 11. The zero-order valence-corrected chi connectivity index (χ0v) is 27.5. The summed E-state index contributed by atoms with van der Waals surface area (Å²) in [7, 11) is 0. The molecule has 4 bridgehead atoms. The van der Waals surface area contributed by atoms with E-state index in [1.54, 1.807) is 27.7 Å². The van der Waals surface area contributed by atoms with Gasteiger partial charge in [-0.1, -0.05) is 57.8 Å². The van der Waals surface area contributed by atoms with Gasteiger partial charge in [0.15, 0.2) is 5.60 Å². The molecule has 0 aromatic carbocycles. The zero-order chi connectivity index (χ0) is 32.0. The average Bonchev–Trinajstić information content (AvgIpc) is 2.94. The van der Waals surface area contributed by atoms with Crippen LogP contribution in [0.5, 0.6) is 0 Å². The van der Waals surface area contributed by atoms with E-state index in [0.717, 1.165) is 25.2 Å². The fourth-order valence-corrected chi connectivity index (χ4v) is 8.68. The Labute approximate surface area is 256 Å². The first-order chi connectivity index (χ1) is 19.7. The molecule has 0 radical (unpaired) electrons. The molecule has 5 N–H and O–H groups in total. The lowest BCUT2D eigenvalue weighted by molar-refractivity contribution is -0.653. The average molecular weight is 617 g/mol. The Morgan fingerprint density at radius 3 is 1.72 bits per heavy atom. The second-order valence-electron chi connectivity index (χ2n) is 15.1. The first-order valence-corrected chi connectivity index (χ1v) is 16.3. The fourth-order valence-electron chi connectivity index (χ4n) is 8.68. The quantitative estimate of drug-likeness (QED) is 0.205. The fraction of sp³-hybridized carbons (Fsp3) is 1.00. The third kappa shape index (κ3) is 4.06. The van der Waals surface area contributed by atoms with E-state index in [1.165, 1.54) is 72.6 Å². The maximum Gasteiger partial charge on any atom is 0.227 e. The molecule has 11 heteroatoms. The molecule has 1 aliphatic carbocycles. The summed E-state index contributed by atoms with van der Waals surface area (Å²) in [6.45, 7) is 11.3. The van der Waals surface area contributed by atoms with Gasteiger partial charge in [-0.3, -0.25) is 0 Å². The van der Waals surface area contributed by atoms with Crippen molar-refractivity contribution in [3.63, 3.8) is 0 Å². The highest BCUT2D eigenvalue weighted by atomic mass is 16.9. The summed E-state index contributed by atoms with van der Waals surface area (Å²) in [5.74, 6) is -6.27. The van der Waals surface area contributed by atoms with E-state index in [-0.39, 0.29) is 0 Å². The molecular weight excluding hydrogens is 560 g/mol. The normalized spacial score (nSPS) is 54.6. The predicted molar refractivity (Wildman–Crippen MR) is 155 cm³/mol. The number of fused-ring (bicyclic) bond motifs is 4. The van der Waals surface area contributed by atoms with Crippen molar-refractivity contribution in [2.45, 2.75) is 176 Å². The van der Waals surface area contributed by atoms with Crippen LogP contribution in [0, 0.1) is 5.92 Å². The van der Waals surface area contributed by atoms with Crippen LogP contribution in [0.25, 0.3) is 0 Å². The molecule has 0 amide bonds.